The Kier molecular flexibility index (Phi) is 8.20. The fraction of sp³-hybridized carbons (Fsp3) is 0.611. The third kappa shape index (κ3) is 5.79. The van der Waals surface area contributed by atoms with Gasteiger partial charge in [-0.05, 0) is 30.4 Å². The molecule has 1 unspecified atom stereocenters. The smallest absolute Gasteiger partial charge is 0.460 e. The molecule has 1 N–H and O–H groups in total. The van der Waals surface area contributed by atoms with Crippen molar-refractivity contribution in [3.8, 4) is 0 Å². The molecule has 1 aromatic carbocycles. The van der Waals surface area contributed by atoms with E-state index in [1.54, 1.807) is 0 Å². The van der Waals surface area contributed by atoms with Gasteiger partial charge in [-0.15, -0.1) is 0 Å². The molecule has 0 saturated heterocycles. The zero-order valence-corrected chi connectivity index (χ0v) is 15.6. The molecule has 0 amide bonds. The average Bonchev–Trinajstić information content (AvgIpc) is 2.65. The van der Waals surface area contributed by atoms with Gasteiger partial charge in [0.1, 0.15) is 0 Å². The number of benzene rings is 1. The minimum absolute atomic E-state index is 0.0200. The van der Waals surface area contributed by atoms with Gasteiger partial charge in [-0.1, -0.05) is 24.3 Å². The van der Waals surface area contributed by atoms with Crippen molar-refractivity contribution in [2.75, 3.05) is 7.11 Å². The molecule has 0 radical (unpaired) electrons. The molecule has 0 bridgehead atoms. The number of methoxy groups -OCH3 is 1. The first-order valence-electron chi connectivity index (χ1n) is 8.60. The van der Waals surface area contributed by atoms with Gasteiger partial charge in [-0.2, -0.15) is 39.5 Å². The maximum Gasteiger partial charge on any atom is 0.460 e. The quantitative estimate of drug-likeness (QED) is 0.377. The molecule has 1 aromatic rings. The summed E-state index contributed by atoms with van der Waals surface area (Å²) in [5.74, 6) is -19.8. The minimum Gasteiger partial charge on any atom is -0.469 e. The van der Waals surface area contributed by atoms with Gasteiger partial charge in [0.2, 0.25) is 0 Å². The van der Waals surface area contributed by atoms with Crippen LogP contribution in [0.15, 0.2) is 24.3 Å². The van der Waals surface area contributed by atoms with Crippen LogP contribution in [-0.2, 0) is 16.0 Å². The lowest BCUT2D eigenvalue weighted by atomic mass is 9.95. The van der Waals surface area contributed by atoms with Crippen LogP contribution in [0.25, 0.3) is 0 Å². The third-order valence-electron chi connectivity index (χ3n) is 4.38. The highest BCUT2D eigenvalue weighted by atomic mass is 19.4. The van der Waals surface area contributed by atoms with Gasteiger partial charge in [0.25, 0.3) is 0 Å². The average molecular weight is 454 g/mol. The Morgan fingerprint density at radius 3 is 1.97 bits per heavy atom. The number of carbonyl (C=O) groups excluding carboxylic acids is 1. The minimum atomic E-state index is -6.94. The van der Waals surface area contributed by atoms with Crippen molar-refractivity contribution < 1.29 is 54.2 Å². The van der Waals surface area contributed by atoms with Crippen LogP contribution in [0.3, 0.4) is 0 Å². The summed E-state index contributed by atoms with van der Waals surface area (Å²) in [7, 11) is 1.22. The van der Waals surface area contributed by atoms with Crippen LogP contribution in [0.5, 0.6) is 0 Å². The van der Waals surface area contributed by atoms with Crippen molar-refractivity contribution in [3.63, 3.8) is 0 Å². The van der Waals surface area contributed by atoms with Crippen LogP contribution < -0.4 is 0 Å². The predicted octanol–water partition coefficient (Wildman–Crippen LogP) is 5.46. The molecule has 0 spiro atoms. The number of rotatable bonds is 10. The van der Waals surface area contributed by atoms with Crippen LogP contribution >= 0.6 is 0 Å². The van der Waals surface area contributed by atoms with Gasteiger partial charge < -0.3 is 9.84 Å². The van der Waals surface area contributed by atoms with Crippen LogP contribution in [0.1, 0.15) is 42.9 Å². The van der Waals surface area contributed by atoms with Crippen LogP contribution in [0.4, 0.5) is 39.5 Å². The highest BCUT2D eigenvalue weighted by Crippen LogP contribution is 2.54. The fourth-order valence-corrected chi connectivity index (χ4v) is 2.49. The van der Waals surface area contributed by atoms with Crippen molar-refractivity contribution in [2.24, 2.45) is 0 Å². The highest BCUT2D eigenvalue weighted by Gasteiger charge is 2.81. The van der Waals surface area contributed by atoms with Crippen molar-refractivity contribution in [1.29, 1.82) is 0 Å². The second kappa shape index (κ2) is 9.44. The van der Waals surface area contributed by atoms with E-state index >= 15 is 0 Å². The molecule has 0 heterocycles. The van der Waals surface area contributed by atoms with E-state index in [1.807, 2.05) is 0 Å². The summed E-state index contributed by atoms with van der Waals surface area (Å²) < 4.78 is 120. The van der Waals surface area contributed by atoms with E-state index in [0.717, 1.165) is 0 Å². The van der Waals surface area contributed by atoms with E-state index in [0.29, 0.717) is 18.4 Å². The third-order valence-corrected chi connectivity index (χ3v) is 4.38. The molecular weight excluding hydrogens is 435 g/mol. The summed E-state index contributed by atoms with van der Waals surface area (Å²) in [6.45, 7) is 0. The molecule has 172 valence electrons. The lowest BCUT2D eigenvalue weighted by Gasteiger charge is -2.34. The van der Waals surface area contributed by atoms with Gasteiger partial charge in [0.15, 0.2) is 0 Å². The van der Waals surface area contributed by atoms with Crippen LogP contribution in [0, 0.1) is 0 Å². The van der Waals surface area contributed by atoms with E-state index in [-0.39, 0.29) is 12.0 Å². The monoisotopic (exact) mass is 454 g/mol. The summed E-state index contributed by atoms with van der Waals surface area (Å²) in [4.78, 5) is 11.0. The number of aryl methyl sites for hydroxylation is 1. The summed E-state index contributed by atoms with van der Waals surface area (Å²) in [6, 6.07) is 5.44. The van der Waals surface area contributed by atoms with E-state index in [1.165, 1.54) is 31.4 Å². The van der Waals surface area contributed by atoms with Gasteiger partial charge in [0, 0.05) is 12.8 Å². The summed E-state index contributed by atoms with van der Waals surface area (Å²) >= 11 is 0. The Morgan fingerprint density at radius 2 is 1.50 bits per heavy atom. The summed E-state index contributed by atoms with van der Waals surface area (Å²) in [6.07, 6.45) is -10.9. The molecular formula is C18H19F9O3. The number of alkyl halides is 9. The number of aliphatic hydroxyl groups excluding tert-OH is 1. The van der Waals surface area contributed by atoms with E-state index in [9.17, 15) is 49.4 Å². The van der Waals surface area contributed by atoms with Crippen molar-refractivity contribution in [1.82, 2.24) is 0 Å². The lowest BCUT2D eigenvalue weighted by Crippen LogP contribution is -2.60. The second-order valence-electron chi connectivity index (χ2n) is 6.58. The number of esters is 1. The van der Waals surface area contributed by atoms with Gasteiger partial charge in [0.05, 0.1) is 13.2 Å². The number of ether oxygens (including phenoxy) is 1. The highest BCUT2D eigenvalue weighted by molar-refractivity contribution is 5.69. The molecule has 0 aliphatic rings. The number of halogens is 9. The predicted molar refractivity (Wildman–Crippen MR) is 86.5 cm³/mol. The fourth-order valence-electron chi connectivity index (χ4n) is 2.49. The maximum absolute atomic E-state index is 13.5. The second-order valence-corrected chi connectivity index (χ2v) is 6.58. The Labute approximate surface area is 165 Å². The molecule has 0 fully saturated rings. The first-order chi connectivity index (χ1) is 13.6. The zero-order valence-electron chi connectivity index (χ0n) is 15.6. The number of carbonyl (C=O) groups is 1. The van der Waals surface area contributed by atoms with E-state index in [2.05, 4.69) is 4.74 Å². The first-order valence-corrected chi connectivity index (χ1v) is 8.60. The summed E-state index contributed by atoms with van der Waals surface area (Å²) in [5, 5.41) is 9.83. The van der Waals surface area contributed by atoms with Crippen LogP contribution in [0.2, 0.25) is 0 Å². The Hall–Kier alpha value is -1.98. The maximum atomic E-state index is 13.5. The zero-order chi connectivity index (χ0) is 23.4. The van der Waals surface area contributed by atoms with Crippen molar-refractivity contribution in [2.45, 2.75) is 62.2 Å². The van der Waals surface area contributed by atoms with Crippen molar-refractivity contribution in [3.05, 3.63) is 35.4 Å². The number of hydrogen-bond acceptors (Lipinski definition) is 3. The first kappa shape index (κ1) is 26.1. The molecule has 1 atom stereocenters. The van der Waals surface area contributed by atoms with E-state index in [4.69, 9.17) is 0 Å². The SMILES string of the molecule is COC(=O)CCCc1ccc(C(O)CCC(F)(F)C(F)(F)C(F)(F)C(F)(F)F)cc1. The largest absolute Gasteiger partial charge is 0.469 e. The van der Waals surface area contributed by atoms with Crippen molar-refractivity contribution >= 4 is 5.97 Å². The topological polar surface area (TPSA) is 46.5 Å². The molecule has 0 aromatic heterocycles. The molecule has 0 aliphatic carbocycles. The van der Waals surface area contributed by atoms with Gasteiger partial charge in [-0.25, -0.2) is 0 Å². The summed E-state index contributed by atoms with van der Waals surface area (Å²) in [5.41, 5.74) is 0.671. The molecule has 1 rings (SSSR count). The molecule has 0 saturated carbocycles. The van der Waals surface area contributed by atoms with Gasteiger partial charge >= 0.3 is 29.9 Å². The normalized spacial score (nSPS) is 14.5. The Morgan fingerprint density at radius 1 is 0.967 bits per heavy atom. The van der Waals surface area contributed by atoms with E-state index < -0.39 is 48.9 Å². The Balaban J connectivity index is 2.74. The molecule has 30 heavy (non-hydrogen) atoms. The molecule has 0 aliphatic heterocycles. The molecule has 12 heteroatoms. The molecule has 3 nitrogen and oxygen atoms in total. The standard InChI is InChI=1S/C18H19F9O3/c1-30-14(29)4-2-3-11-5-7-12(8-6-11)13(28)9-10-15(19,20)16(21,22)17(23,24)18(25,26)27/h5-8,13,28H,2-4,9-10H2,1H3. The number of hydrogen-bond donors (Lipinski definition) is 1. The van der Waals surface area contributed by atoms with Crippen LogP contribution in [-0.4, -0.2) is 42.1 Å². The van der Waals surface area contributed by atoms with Gasteiger partial charge in [-0.3, -0.25) is 4.79 Å². The lowest BCUT2D eigenvalue weighted by molar-refractivity contribution is -0.397. The number of aliphatic hydroxyl groups is 1. The Bertz CT molecular complexity index is 700.